The minimum Gasteiger partial charge on any atom is -0.497 e. The van der Waals surface area contributed by atoms with E-state index < -0.39 is 0 Å². The van der Waals surface area contributed by atoms with Gasteiger partial charge in [0.2, 0.25) is 0 Å². The molecular formula is C15H13NO2. The molecule has 0 fully saturated rings. The Bertz CT molecular complexity index is 555. The summed E-state index contributed by atoms with van der Waals surface area (Å²) in [6.07, 6.45) is 0. The van der Waals surface area contributed by atoms with Crippen LogP contribution in [0.2, 0.25) is 0 Å². The molecule has 0 saturated heterocycles. The van der Waals surface area contributed by atoms with E-state index in [0.717, 1.165) is 17.1 Å². The molecule has 2 aromatic carbocycles. The SMILES string of the molecule is COc1cccc(COc2ccc(C#N)cc2)c1. The molecule has 2 rings (SSSR count). The minimum absolute atomic E-state index is 0.475. The number of nitrogens with zero attached hydrogens (tertiary/aromatic N) is 1. The second-order valence-corrected chi connectivity index (χ2v) is 3.78. The van der Waals surface area contributed by atoms with Gasteiger partial charge in [0.1, 0.15) is 18.1 Å². The molecule has 0 heterocycles. The molecule has 0 saturated carbocycles. The molecule has 3 nitrogen and oxygen atoms in total. The van der Waals surface area contributed by atoms with Gasteiger partial charge in [-0.3, -0.25) is 0 Å². The summed E-state index contributed by atoms with van der Waals surface area (Å²) < 4.78 is 10.8. The Morgan fingerprint density at radius 1 is 1.06 bits per heavy atom. The van der Waals surface area contributed by atoms with Crippen molar-refractivity contribution in [3.05, 3.63) is 59.7 Å². The quantitative estimate of drug-likeness (QED) is 0.823. The molecule has 0 radical (unpaired) electrons. The predicted molar refractivity (Wildman–Crippen MR) is 68.5 cm³/mol. The zero-order valence-electron chi connectivity index (χ0n) is 10.1. The van der Waals surface area contributed by atoms with Crippen LogP contribution in [0.5, 0.6) is 11.5 Å². The van der Waals surface area contributed by atoms with Crippen molar-refractivity contribution in [2.45, 2.75) is 6.61 Å². The van der Waals surface area contributed by atoms with Crippen LogP contribution in [0.4, 0.5) is 0 Å². The number of rotatable bonds is 4. The summed E-state index contributed by atoms with van der Waals surface area (Å²) in [5, 5.41) is 8.69. The van der Waals surface area contributed by atoms with Crippen LogP contribution in [-0.2, 0) is 6.61 Å². The van der Waals surface area contributed by atoms with Gasteiger partial charge in [0.15, 0.2) is 0 Å². The van der Waals surface area contributed by atoms with Gasteiger partial charge in [0.05, 0.1) is 18.7 Å². The third-order valence-corrected chi connectivity index (χ3v) is 2.52. The first kappa shape index (κ1) is 12.0. The average molecular weight is 239 g/mol. The van der Waals surface area contributed by atoms with E-state index in [0.29, 0.717) is 12.2 Å². The summed E-state index contributed by atoms with van der Waals surface area (Å²) in [7, 11) is 1.64. The highest BCUT2D eigenvalue weighted by Crippen LogP contribution is 2.16. The van der Waals surface area contributed by atoms with Crippen LogP contribution in [0, 0.1) is 11.3 Å². The molecule has 0 aliphatic heterocycles. The van der Waals surface area contributed by atoms with Gasteiger partial charge < -0.3 is 9.47 Å². The topological polar surface area (TPSA) is 42.2 Å². The molecule has 0 atom stereocenters. The van der Waals surface area contributed by atoms with E-state index in [1.807, 2.05) is 24.3 Å². The molecular weight excluding hydrogens is 226 g/mol. The standard InChI is InChI=1S/C15H13NO2/c1-17-15-4-2-3-13(9-15)11-18-14-7-5-12(10-16)6-8-14/h2-9H,11H2,1H3. The largest absolute Gasteiger partial charge is 0.497 e. The van der Waals surface area contributed by atoms with E-state index in [9.17, 15) is 0 Å². The van der Waals surface area contributed by atoms with Gasteiger partial charge in [0.25, 0.3) is 0 Å². The Labute approximate surface area is 106 Å². The maximum absolute atomic E-state index is 8.69. The highest BCUT2D eigenvalue weighted by Gasteiger charge is 1.98. The van der Waals surface area contributed by atoms with E-state index in [-0.39, 0.29) is 0 Å². The van der Waals surface area contributed by atoms with E-state index >= 15 is 0 Å². The number of benzene rings is 2. The number of hydrogen-bond acceptors (Lipinski definition) is 3. The molecule has 18 heavy (non-hydrogen) atoms. The summed E-state index contributed by atoms with van der Waals surface area (Å²) in [6.45, 7) is 0.475. The lowest BCUT2D eigenvalue weighted by molar-refractivity contribution is 0.305. The number of nitriles is 1. The zero-order chi connectivity index (χ0) is 12.8. The first-order chi connectivity index (χ1) is 8.81. The summed E-state index contributed by atoms with van der Waals surface area (Å²) in [4.78, 5) is 0. The Hall–Kier alpha value is -2.47. The highest BCUT2D eigenvalue weighted by atomic mass is 16.5. The van der Waals surface area contributed by atoms with Crippen molar-refractivity contribution < 1.29 is 9.47 Å². The first-order valence-electron chi connectivity index (χ1n) is 5.58. The van der Waals surface area contributed by atoms with Crippen LogP contribution < -0.4 is 9.47 Å². The Morgan fingerprint density at radius 2 is 1.83 bits per heavy atom. The second-order valence-electron chi connectivity index (χ2n) is 3.78. The smallest absolute Gasteiger partial charge is 0.119 e. The molecule has 0 aromatic heterocycles. The van der Waals surface area contributed by atoms with Crippen molar-refractivity contribution in [1.29, 1.82) is 5.26 Å². The normalized spacial score (nSPS) is 9.56. The molecule has 2 aromatic rings. The Kier molecular flexibility index (Phi) is 3.83. The number of hydrogen-bond donors (Lipinski definition) is 0. The van der Waals surface area contributed by atoms with Crippen molar-refractivity contribution in [3.8, 4) is 17.6 Å². The van der Waals surface area contributed by atoms with Gasteiger partial charge in [-0.2, -0.15) is 5.26 Å². The maximum atomic E-state index is 8.69. The van der Waals surface area contributed by atoms with E-state index in [1.54, 1.807) is 31.4 Å². The number of ether oxygens (including phenoxy) is 2. The van der Waals surface area contributed by atoms with Crippen molar-refractivity contribution in [1.82, 2.24) is 0 Å². The van der Waals surface area contributed by atoms with Crippen molar-refractivity contribution in [3.63, 3.8) is 0 Å². The summed E-state index contributed by atoms with van der Waals surface area (Å²) in [6, 6.07) is 16.9. The van der Waals surface area contributed by atoms with Crippen molar-refractivity contribution in [2.75, 3.05) is 7.11 Å². The van der Waals surface area contributed by atoms with Gasteiger partial charge in [0, 0.05) is 0 Å². The van der Waals surface area contributed by atoms with Crippen LogP contribution >= 0.6 is 0 Å². The predicted octanol–water partition coefficient (Wildman–Crippen LogP) is 3.15. The van der Waals surface area contributed by atoms with E-state index in [4.69, 9.17) is 14.7 Å². The summed E-state index contributed by atoms with van der Waals surface area (Å²) >= 11 is 0. The van der Waals surface area contributed by atoms with Gasteiger partial charge in [-0.25, -0.2) is 0 Å². The Morgan fingerprint density at radius 3 is 2.50 bits per heavy atom. The monoisotopic (exact) mass is 239 g/mol. The first-order valence-corrected chi connectivity index (χ1v) is 5.58. The molecule has 0 aliphatic carbocycles. The third kappa shape index (κ3) is 3.02. The maximum Gasteiger partial charge on any atom is 0.119 e. The van der Waals surface area contributed by atoms with Crippen molar-refractivity contribution >= 4 is 0 Å². The molecule has 90 valence electrons. The fraction of sp³-hybridized carbons (Fsp3) is 0.133. The van der Waals surface area contributed by atoms with Gasteiger partial charge >= 0.3 is 0 Å². The Balaban J connectivity index is 2.00. The summed E-state index contributed by atoms with van der Waals surface area (Å²) in [5.41, 5.74) is 1.67. The lowest BCUT2D eigenvalue weighted by atomic mass is 10.2. The fourth-order valence-electron chi connectivity index (χ4n) is 1.55. The van der Waals surface area contributed by atoms with E-state index in [2.05, 4.69) is 6.07 Å². The van der Waals surface area contributed by atoms with Crippen LogP contribution in [0.15, 0.2) is 48.5 Å². The molecule has 0 unspecified atom stereocenters. The highest BCUT2D eigenvalue weighted by molar-refractivity contribution is 5.35. The molecule has 0 bridgehead atoms. The third-order valence-electron chi connectivity index (χ3n) is 2.52. The van der Waals surface area contributed by atoms with Crippen LogP contribution in [0.25, 0.3) is 0 Å². The molecule has 0 N–H and O–H groups in total. The van der Waals surface area contributed by atoms with Crippen LogP contribution in [0.3, 0.4) is 0 Å². The van der Waals surface area contributed by atoms with Gasteiger partial charge in [-0.05, 0) is 42.0 Å². The fourth-order valence-corrected chi connectivity index (χ4v) is 1.55. The molecule has 0 aliphatic rings. The molecule has 3 heteroatoms. The average Bonchev–Trinajstić information content (AvgIpc) is 2.46. The van der Waals surface area contributed by atoms with Gasteiger partial charge in [-0.15, -0.1) is 0 Å². The van der Waals surface area contributed by atoms with E-state index in [1.165, 1.54) is 0 Å². The lowest BCUT2D eigenvalue weighted by Gasteiger charge is -2.07. The molecule has 0 spiro atoms. The zero-order valence-corrected chi connectivity index (χ0v) is 10.1. The van der Waals surface area contributed by atoms with Gasteiger partial charge in [-0.1, -0.05) is 12.1 Å². The number of methoxy groups -OCH3 is 1. The summed E-state index contributed by atoms with van der Waals surface area (Å²) in [5.74, 6) is 1.56. The van der Waals surface area contributed by atoms with Crippen LogP contribution in [-0.4, -0.2) is 7.11 Å². The molecule has 0 amide bonds. The lowest BCUT2D eigenvalue weighted by Crippen LogP contribution is -1.95. The second kappa shape index (κ2) is 5.74. The van der Waals surface area contributed by atoms with Crippen molar-refractivity contribution in [2.24, 2.45) is 0 Å². The van der Waals surface area contributed by atoms with Crippen LogP contribution in [0.1, 0.15) is 11.1 Å². The minimum atomic E-state index is 0.475.